The van der Waals surface area contributed by atoms with Crippen LogP contribution in [-0.4, -0.2) is 34.1 Å². The molecule has 0 saturated heterocycles. The maximum atomic E-state index is 5.51. The molecule has 0 aliphatic heterocycles. The molecule has 0 aliphatic rings. The number of ether oxygens (including phenoxy) is 1. The van der Waals surface area contributed by atoms with E-state index in [2.05, 4.69) is 21.3 Å². The average Bonchev–Trinajstić information content (AvgIpc) is 2.76. The van der Waals surface area contributed by atoms with E-state index in [-0.39, 0.29) is 0 Å². The standard InChI is InChI=1S/C12H16IN2OS/c1-13-6-8-16-9-7-14-12-15-10-4-2-3-5-11(10)17-12/h2-5H,6-9H2,1H3,(H,14,15)/q-1. The van der Waals surface area contributed by atoms with E-state index in [1.165, 1.54) is 9.13 Å². The number of nitrogens with zero attached hydrogens (tertiary/aromatic N) is 1. The van der Waals surface area contributed by atoms with Crippen LogP contribution in [0, 0.1) is 0 Å². The van der Waals surface area contributed by atoms with E-state index < -0.39 is 0 Å². The number of fused-ring (bicyclic) bond motifs is 1. The number of alkyl halides is 2. The molecule has 94 valence electrons. The number of benzene rings is 1. The molecule has 0 atom stereocenters. The zero-order chi connectivity index (χ0) is 11.9. The minimum absolute atomic E-state index is 0.371. The van der Waals surface area contributed by atoms with E-state index in [1.807, 2.05) is 18.2 Å². The fraction of sp³-hybridized carbons (Fsp3) is 0.417. The van der Waals surface area contributed by atoms with E-state index in [4.69, 9.17) is 4.74 Å². The first-order valence-corrected chi connectivity index (χ1v) is 10.0. The number of thiazole rings is 1. The fourth-order valence-electron chi connectivity index (χ4n) is 1.41. The topological polar surface area (TPSA) is 34.1 Å². The molecular formula is C12H16IN2OS-. The molecule has 1 aromatic heterocycles. The Balaban J connectivity index is 1.75. The van der Waals surface area contributed by atoms with Gasteiger partial charge in [-0.2, -0.15) is 0 Å². The average molecular weight is 363 g/mol. The van der Waals surface area contributed by atoms with Gasteiger partial charge in [0.05, 0.1) is 0 Å². The SMILES string of the molecule is C[I-]CCOCCNc1nc2ccccc2s1. The van der Waals surface area contributed by atoms with Crippen LogP contribution in [0.4, 0.5) is 5.13 Å². The summed E-state index contributed by atoms with van der Waals surface area (Å²) in [7, 11) is 0. The van der Waals surface area contributed by atoms with Gasteiger partial charge in [-0.1, -0.05) is 0 Å². The van der Waals surface area contributed by atoms with Crippen molar-refractivity contribution < 1.29 is 25.9 Å². The van der Waals surface area contributed by atoms with Gasteiger partial charge in [-0.15, -0.1) is 0 Å². The third kappa shape index (κ3) is 4.08. The zero-order valence-electron chi connectivity index (χ0n) is 9.78. The van der Waals surface area contributed by atoms with Gasteiger partial charge in [-0.3, -0.25) is 0 Å². The van der Waals surface area contributed by atoms with Gasteiger partial charge in [-0.25, -0.2) is 0 Å². The van der Waals surface area contributed by atoms with Crippen LogP contribution in [0.1, 0.15) is 0 Å². The third-order valence-electron chi connectivity index (χ3n) is 2.23. The normalized spacial score (nSPS) is 11.1. The van der Waals surface area contributed by atoms with Gasteiger partial charge in [0, 0.05) is 0 Å². The summed E-state index contributed by atoms with van der Waals surface area (Å²) >= 11 is 2.06. The van der Waals surface area contributed by atoms with Crippen molar-refractivity contribution in [2.45, 2.75) is 0 Å². The van der Waals surface area contributed by atoms with Crippen molar-refractivity contribution in [3.05, 3.63) is 24.3 Å². The molecule has 1 N–H and O–H groups in total. The van der Waals surface area contributed by atoms with Gasteiger partial charge in [0.2, 0.25) is 0 Å². The minimum atomic E-state index is 0.371. The van der Waals surface area contributed by atoms with Gasteiger partial charge in [0.1, 0.15) is 0 Å². The first-order chi connectivity index (χ1) is 8.40. The van der Waals surface area contributed by atoms with Crippen LogP contribution in [0.5, 0.6) is 0 Å². The van der Waals surface area contributed by atoms with Crippen LogP contribution in [0.25, 0.3) is 10.2 Å². The van der Waals surface area contributed by atoms with Gasteiger partial charge in [-0.05, 0) is 0 Å². The summed E-state index contributed by atoms with van der Waals surface area (Å²) in [5.74, 6) is 0. The number of anilines is 1. The summed E-state index contributed by atoms with van der Waals surface area (Å²) in [5.41, 5.74) is 1.07. The number of aromatic nitrogens is 1. The molecule has 0 fully saturated rings. The van der Waals surface area contributed by atoms with Crippen molar-refractivity contribution in [3.63, 3.8) is 0 Å². The molecule has 0 saturated carbocycles. The van der Waals surface area contributed by atoms with Gasteiger partial charge in [0.25, 0.3) is 0 Å². The van der Waals surface area contributed by atoms with Crippen molar-refractivity contribution in [2.24, 2.45) is 0 Å². The molecular weight excluding hydrogens is 347 g/mol. The quantitative estimate of drug-likeness (QED) is 0.407. The number of hydrogen-bond donors (Lipinski definition) is 1. The molecule has 17 heavy (non-hydrogen) atoms. The summed E-state index contributed by atoms with van der Waals surface area (Å²) in [5, 5.41) is 4.29. The van der Waals surface area contributed by atoms with Crippen LogP contribution in [0.3, 0.4) is 0 Å². The van der Waals surface area contributed by atoms with E-state index in [1.54, 1.807) is 11.3 Å². The monoisotopic (exact) mass is 363 g/mol. The van der Waals surface area contributed by atoms with Crippen LogP contribution in [0.15, 0.2) is 24.3 Å². The van der Waals surface area contributed by atoms with Crippen molar-refractivity contribution >= 4 is 26.7 Å². The third-order valence-corrected chi connectivity index (χ3v) is 4.74. The molecule has 0 spiro atoms. The van der Waals surface area contributed by atoms with Crippen LogP contribution >= 0.6 is 11.3 Å². The Labute approximate surface area is 116 Å². The van der Waals surface area contributed by atoms with Crippen LogP contribution in [-0.2, 0) is 4.74 Å². The van der Waals surface area contributed by atoms with E-state index in [0.717, 1.165) is 30.4 Å². The summed E-state index contributed by atoms with van der Waals surface area (Å²) in [6.45, 7) is 2.51. The number of para-hydroxylation sites is 1. The number of hydrogen-bond acceptors (Lipinski definition) is 4. The molecule has 0 amide bonds. The molecule has 1 heterocycles. The summed E-state index contributed by atoms with van der Waals surface area (Å²) < 4.78 is 7.99. The molecule has 0 aliphatic carbocycles. The first-order valence-electron chi connectivity index (χ1n) is 5.51. The van der Waals surface area contributed by atoms with E-state index >= 15 is 0 Å². The Morgan fingerprint density at radius 3 is 3.06 bits per heavy atom. The molecule has 0 bridgehead atoms. The Hall–Kier alpha value is -0.400. The number of halogens is 1. The van der Waals surface area contributed by atoms with Crippen LogP contribution in [0.2, 0.25) is 0 Å². The molecule has 2 aromatic rings. The molecule has 1 aromatic carbocycles. The van der Waals surface area contributed by atoms with Gasteiger partial charge < -0.3 is 0 Å². The second kappa shape index (κ2) is 7.13. The molecule has 2 rings (SSSR count). The number of rotatable bonds is 7. The second-order valence-electron chi connectivity index (χ2n) is 3.48. The van der Waals surface area contributed by atoms with Crippen LogP contribution < -0.4 is 26.5 Å². The maximum absolute atomic E-state index is 5.51. The molecule has 5 heteroatoms. The first kappa shape index (κ1) is 13.0. The molecule has 0 unspecified atom stereocenters. The predicted molar refractivity (Wildman–Crippen MR) is 69.7 cm³/mol. The van der Waals surface area contributed by atoms with Crippen molar-refractivity contribution in [3.8, 4) is 0 Å². The number of nitrogens with one attached hydrogen (secondary N) is 1. The van der Waals surface area contributed by atoms with E-state index in [9.17, 15) is 0 Å². The molecule has 3 nitrogen and oxygen atoms in total. The summed E-state index contributed by atoms with van der Waals surface area (Å²) in [6, 6.07) is 8.20. The predicted octanol–water partition coefficient (Wildman–Crippen LogP) is -0.556. The second-order valence-corrected chi connectivity index (χ2v) is 7.12. The van der Waals surface area contributed by atoms with Crippen molar-refractivity contribution in [2.75, 3.05) is 34.4 Å². The Kier molecular flexibility index (Phi) is 5.47. The van der Waals surface area contributed by atoms with E-state index in [0.29, 0.717) is 21.2 Å². The van der Waals surface area contributed by atoms with Gasteiger partial charge in [0.15, 0.2) is 0 Å². The summed E-state index contributed by atoms with van der Waals surface area (Å²) in [6.07, 6.45) is 0. The Morgan fingerprint density at radius 2 is 2.24 bits per heavy atom. The van der Waals surface area contributed by atoms with Crippen molar-refractivity contribution in [1.82, 2.24) is 4.98 Å². The zero-order valence-corrected chi connectivity index (χ0v) is 12.8. The fourth-order valence-corrected chi connectivity index (χ4v) is 3.05. The van der Waals surface area contributed by atoms with Crippen molar-refractivity contribution in [1.29, 1.82) is 0 Å². The Morgan fingerprint density at radius 1 is 1.35 bits per heavy atom. The molecule has 0 radical (unpaired) electrons. The van der Waals surface area contributed by atoms with Gasteiger partial charge >= 0.3 is 116 Å². The Bertz CT molecular complexity index is 427. The summed E-state index contributed by atoms with van der Waals surface area (Å²) in [4.78, 5) is 6.78.